The van der Waals surface area contributed by atoms with Crippen LogP contribution in [0.4, 0.5) is 5.69 Å². The molecule has 1 aliphatic carbocycles. The number of hydrogen-bond acceptors (Lipinski definition) is 4. The zero-order chi connectivity index (χ0) is 14.8. The summed E-state index contributed by atoms with van der Waals surface area (Å²) in [6, 6.07) is 7.61. The van der Waals surface area contributed by atoms with E-state index in [-0.39, 0.29) is 12.0 Å². The van der Waals surface area contributed by atoms with Gasteiger partial charge < -0.3 is 16.2 Å². The zero-order valence-electron chi connectivity index (χ0n) is 12.2. The van der Waals surface area contributed by atoms with Crippen LogP contribution in [0.2, 0.25) is 0 Å². The van der Waals surface area contributed by atoms with Crippen LogP contribution < -0.4 is 11.1 Å². The number of carbonyl (C=O) groups is 1. The summed E-state index contributed by atoms with van der Waals surface area (Å²) in [5, 5.41) is 12.9. The van der Waals surface area contributed by atoms with Gasteiger partial charge in [-0.2, -0.15) is 0 Å². The molecular weight excluding hydrogens is 266 g/mol. The van der Waals surface area contributed by atoms with E-state index < -0.39 is 0 Å². The lowest BCUT2D eigenvalue weighted by Gasteiger charge is -2.18. The van der Waals surface area contributed by atoms with E-state index in [4.69, 9.17) is 5.73 Å². The Labute approximate surface area is 125 Å². The number of likely N-dealkylation sites (tertiary alicyclic amines) is 1. The van der Waals surface area contributed by atoms with Gasteiger partial charge in [-0.1, -0.05) is 18.2 Å². The van der Waals surface area contributed by atoms with Crippen molar-refractivity contribution in [3.05, 3.63) is 29.8 Å². The van der Waals surface area contributed by atoms with Gasteiger partial charge in [-0.25, -0.2) is 0 Å². The van der Waals surface area contributed by atoms with E-state index in [0.29, 0.717) is 24.9 Å². The van der Waals surface area contributed by atoms with Crippen LogP contribution in [0.1, 0.15) is 18.4 Å². The number of nitrogens with one attached hydrogen (secondary N) is 1. The zero-order valence-corrected chi connectivity index (χ0v) is 12.2. The van der Waals surface area contributed by atoms with Crippen LogP contribution in [-0.2, 0) is 11.3 Å². The van der Waals surface area contributed by atoms with Gasteiger partial charge in [0.1, 0.15) is 0 Å². The van der Waals surface area contributed by atoms with Gasteiger partial charge in [0, 0.05) is 31.2 Å². The smallest absolute Gasteiger partial charge is 0.238 e. The Hall–Kier alpha value is -1.43. The molecule has 1 saturated heterocycles. The van der Waals surface area contributed by atoms with Crippen molar-refractivity contribution in [2.45, 2.75) is 25.5 Å². The average Bonchev–Trinajstić information content (AvgIpc) is 3.01. The summed E-state index contributed by atoms with van der Waals surface area (Å²) in [5.74, 6) is 0.906. The second-order valence-electron chi connectivity index (χ2n) is 6.17. The molecule has 3 rings (SSSR count). The van der Waals surface area contributed by atoms with E-state index in [0.717, 1.165) is 37.2 Å². The van der Waals surface area contributed by atoms with Crippen molar-refractivity contribution >= 4 is 11.6 Å². The number of nitrogens with two attached hydrogens (primary N) is 1. The Morgan fingerprint density at radius 2 is 2.14 bits per heavy atom. The number of carbonyl (C=O) groups excluding carboxylic acids is 1. The molecule has 1 aliphatic heterocycles. The van der Waals surface area contributed by atoms with Gasteiger partial charge in [0.15, 0.2) is 0 Å². The van der Waals surface area contributed by atoms with Crippen molar-refractivity contribution < 1.29 is 9.90 Å². The predicted octanol–water partition coefficient (Wildman–Crippen LogP) is 0.786. The highest BCUT2D eigenvalue weighted by molar-refractivity contribution is 5.93. The largest absolute Gasteiger partial charge is 0.393 e. The number of fused-ring (bicyclic) bond motifs is 1. The van der Waals surface area contributed by atoms with Gasteiger partial charge in [0.05, 0.1) is 12.6 Å². The maximum atomic E-state index is 12.2. The number of benzene rings is 1. The molecule has 5 heteroatoms. The van der Waals surface area contributed by atoms with Crippen molar-refractivity contribution in [1.82, 2.24) is 4.90 Å². The first kappa shape index (κ1) is 14.5. The highest BCUT2D eigenvalue weighted by Gasteiger charge is 2.41. The van der Waals surface area contributed by atoms with Gasteiger partial charge in [0.25, 0.3) is 0 Å². The molecule has 0 bridgehead atoms. The first-order chi connectivity index (χ1) is 10.2. The monoisotopic (exact) mass is 289 g/mol. The van der Waals surface area contributed by atoms with Crippen molar-refractivity contribution in [2.75, 3.05) is 25.0 Å². The highest BCUT2D eigenvalue weighted by Crippen LogP contribution is 2.37. The summed E-state index contributed by atoms with van der Waals surface area (Å²) in [6.45, 7) is 2.56. The van der Waals surface area contributed by atoms with Crippen LogP contribution in [0.5, 0.6) is 0 Å². The maximum Gasteiger partial charge on any atom is 0.238 e. The molecule has 1 saturated carbocycles. The minimum absolute atomic E-state index is 0.00892. The summed E-state index contributed by atoms with van der Waals surface area (Å²) in [6.07, 6.45) is 1.82. The van der Waals surface area contributed by atoms with Gasteiger partial charge in [0.2, 0.25) is 5.91 Å². The molecule has 1 aromatic rings. The molecule has 21 heavy (non-hydrogen) atoms. The standard InChI is InChI=1S/C16H23N3O2/c17-7-11-3-1-2-4-14(11)18-16(21)10-19-8-12-5-6-15(20)13(12)9-19/h1-4,12-13,15,20H,5-10,17H2,(H,18,21). The second kappa shape index (κ2) is 6.13. The summed E-state index contributed by atoms with van der Waals surface area (Å²) in [7, 11) is 0. The number of anilines is 1. The van der Waals surface area contributed by atoms with E-state index in [1.165, 1.54) is 0 Å². The number of hydrogen-bond donors (Lipinski definition) is 3. The van der Waals surface area contributed by atoms with Crippen LogP contribution in [0.15, 0.2) is 24.3 Å². The quantitative estimate of drug-likeness (QED) is 0.765. The first-order valence-corrected chi connectivity index (χ1v) is 7.65. The van der Waals surface area contributed by atoms with Crippen molar-refractivity contribution in [1.29, 1.82) is 0 Å². The molecule has 0 aromatic heterocycles. The lowest BCUT2D eigenvalue weighted by molar-refractivity contribution is -0.117. The van der Waals surface area contributed by atoms with E-state index in [1.54, 1.807) is 0 Å². The third-order valence-corrected chi connectivity index (χ3v) is 4.77. The summed E-state index contributed by atoms with van der Waals surface area (Å²) in [5.41, 5.74) is 7.42. The molecule has 4 N–H and O–H groups in total. The molecular formula is C16H23N3O2. The fourth-order valence-corrected chi connectivity index (χ4v) is 3.67. The number of para-hydroxylation sites is 1. The number of rotatable bonds is 4. The minimum atomic E-state index is -0.180. The van der Waals surface area contributed by atoms with Crippen molar-refractivity contribution in [2.24, 2.45) is 17.6 Å². The van der Waals surface area contributed by atoms with Gasteiger partial charge in [-0.3, -0.25) is 9.69 Å². The molecule has 114 valence electrons. The van der Waals surface area contributed by atoms with E-state index in [2.05, 4.69) is 10.2 Å². The van der Waals surface area contributed by atoms with Crippen LogP contribution in [0.25, 0.3) is 0 Å². The van der Waals surface area contributed by atoms with Gasteiger partial charge in [-0.15, -0.1) is 0 Å². The predicted molar refractivity (Wildman–Crippen MR) is 81.6 cm³/mol. The molecule has 2 fully saturated rings. The highest BCUT2D eigenvalue weighted by atomic mass is 16.3. The van der Waals surface area contributed by atoms with Crippen LogP contribution in [0.3, 0.4) is 0 Å². The Balaban J connectivity index is 1.55. The molecule has 0 spiro atoms. The molecule has 1 amide bonds. The summed E-state index contributed by atoms with van der Waals surface area (Å²) >= 11 is 0. The molecule has 3 unspecified atom stereocenters. The Bertz CT molecular complexity index is 520. The van der Waals surface area contributed by atoms with E-state index in [9.17, 15) is 9.90 Å². The summed E-state index contributed by atoms with van der Waals surface area (Å²) in [4.78, 5) is 14.3. The third-order valence-electron chi connectivity index (χ3n) is 4.77. The lowest BCUT2D eigenvalue weighted by atomic mass is 10.00. The van der Waals surface area contributed by atoms with E-state index >= 15 is 0 Å². The fraction of sp³-hybridized carbons (Fsp3) is 0.562. The first-order valence-electron chi connectivity index (χ1n) is 7.65. The number of aliphatic hydroxyl groups is 1. The Morgan fingerprint density at radius 3 is 2.90 bits per heavy atom. The van der Waals surface area contributed by atoms with Crippen molar-refractivity contribution in [3.63, 3.8) is 0 Å². The van der Waals surface area contributed by atoms with Crippen molar-refractivity contribution in [3.8, 4) is 0 Å². The molecule has 3 atom stereocenters. The minimum Gasteiger partial charge on any atom is -0.393 e. The van der Waals surface area contributed by atoms with Gasteiger partial charge in [-0.05, 0) is 30.4 Å². The summed E-state index contributed by atoms with van der Waals surface area (Å²) < 4.78 is 0. The maximum absolute atomic E-state index is 12.2. The molecule has 5 nitrogen and oxygen atoms in total. The lowest BCUT2D eigenvalue weighted by Crippen LogP contribution is -2.33. The van der Waals surface area contributed by atoms with E-state index in [1.807, 2.05) is 24.3 Å². The average molecular weight is 289 g/mol. The fourth-order valence-electron chi connectivity index (χ4n) is 3.67. The van der Waals surface area contributed by atoms with Crippen LogP contribution >= 0.6 is 0 Å². The van der Waals surface area contributed by atoms with Gasteiger partial charge >= 0.3 is 0 Å². The Kier molecular flexibility index (Phi) is 4.24. The number of amides is 1. The number of nitrogens with zero attached hydrogens (tertiary/aromatic N) is 1. The van der Waals surface area contributed by atoms with Crippen LogP contribution in [-0.4, -0.2) is 41.7 Å². The molecule has 0 radical (unpaired) electrons. The van der Waals surface area contributed by atoms with Crippen LogP contribution in [0, 0.1) is 11.8 Å². The molecule has 2 aliphatic rings. The molecule has 1 aromatic carbocycles. The second-order valence-corrected chi connectivity index (χ2v) is 6.17. The normalized spacial score (nSPS) is 28.6. The SMILES string of the molecule is NCc1ccccc1NC(=O)CN1CC2CCC(O)C2C1. The molecule has 1 heterocycles. The third kappa shape index (κ3) is 3.10. The topological polar surface area (TPSA) is 78.6 Å². The number of aliphatic hydroxyl groups excluding tert-OH is 1. The Morgan fingerprint density at radius 1 is 1.33 bits per heavy atom.